The molecule has 1 N–H and O–H groups in total. The molecule has 4 heteroatoms. The number of nitrogens with zero attached hydrogens (tertiary/aromatic N) is 2. The molecule has 0 saturated heterocycles. The molecule has 1 fully saturated rings. The third kappa shape index (κ3) is 3.82. The summed E-state index contributed by atoms with van der Waals surface area (Å²) >= 11 is 0. The molecule has 1 aliphatic rings. The van der Waals surface area contributed by atoms with Gasteiger partial charge in [0.15, 0.2) is 0 Å². The van der Waals surface area contributed by atoms with Crippen molar-refractivity contribution in [1.29, 1.82) is 0 Å². The van der Waals surface area contributed by atoms with E-state index in [4.69, 9.17) is 4.74 Å². The fraction of sp³-hybridized carbons (Fsp3) is 0.786. The largest absolute Gasteiger partial charge is 0.371 e. The van der Waals surface area contributed by atoms with Crippen LogP contribution in [-0.4, -0.2) is 29.5 Å². The van der Waals surface area contributed by atoms with Crippen molar-refractivity contribution in [3.63, 3.8) is 0 Å². The van der Waals surface area contributed by atoms with E-state index in [0.29, 0.717) is 12.6 Å². The second-order valence-electron chi connectivity index (χ2n) is 5.26. The molecule has 1 unspecified atom stereocenters. The fourth-order valence-electron chi connectivity index (χ4n) is 2.58. The van der Waals surface area contributed by atoms with Crippen LogP contribution >= 0.6 is 0 Å². The Balaban J connectivity index is 1.82. The van der Waals surface area contributed by atoms with Crippen molar-refractivity contribution in [3.8, 4) is 0 Å². The van der Waals surface area contributed by atoms with E-state index in [-0.39, 0.29) is 6.10 Å². The zero-order valence-corrected chi connectivity index (χ0v) is 11.6. The first-order chi connectivity index (χ1) is 8.79. The first-order valence-corrected chi connectivity index (χ1v) is 7.10. The normalized spacial score (nSPS) is 19.0. The van der Waals surface area contributed by atoms with Gasteiger partial charge in [0.05, 0.1) is 24.4 Å². The summed E-state index contributed by atoms with van der Waals surface area (Å²) < 4.78 is 7.87. The monoisotopic (exact) mass is 251 g/mol. The molecule has 1 aromatic rings. The molecule has 0 bridgehead atoms. The van der Waals surface area contributed by atoms with Crippen LogP contribution in [0, 0.1) is 0 Å². The molecule has 0 aromatic carbocycles. The van der Waals surface area contributed by atoms with E-state index in [9.17, 15) is 0 Å². The van der Waals surface area contributed by atoms with Gasteiger partial charge in [0, 0.05) is 12.7 Å². The van der Waals surface area contributed by atoms with Crippen LogP contribution in [0.4, 0.5) is 0 Å². The van der Waals surface area contributed by atoms with Crippen molar-refractivity contribution < 1.29 is 4.74 Å². The molecule has 1 atom stereocenters. The predicted octanol–water partition coefficient (Wildman–Crippen LogP) is 2.51. The Morgan fingerprint density at radius 2 is 2.22 bits per heavy atom. The molecule has 1 aromatic heterocycles. The third-order valence-corrected chi connectivity index (χ3v) is 3.62. The number of rotatable bonds is 6. The first kappa shape index (κ1) is 13.6. The van der Waals surface area contributed by atoms with Crippen LogP contribution < -0.4 is 5.32 Å². The van der Waals surface area contributed by atoms with Crippen LogP contribution in [0.3, 0.4) is 0 Å². The van der Waals surface area contributed by atoms with Gasteiger partial charge in [-0.2, -0.15) is 5.10 Å². The quantitative estimate of drug-likeness (QED) is 0.844. The Labute approximate surface area is 110 Å². The molecule has 0 aliphatic heterocycles. The Hall–Kier alpha value is -0.870. The van der Waals surface area contributed by atoms with Gasteiger partial charge in [-0.05, 0) is 32.9 Å². The van der Waals surface area contributed by atoms with Gasteiger partial charge >= 0.3 is 0 Å². The van der Waals surface area contributed by atoms with Crippen LogP contribution in [0.1, 0.15) is 50.8 Å². The topological polar surface area (TPSA) is 39.1 Å². The highest BCUT2D eigenvalue weighted by atomic mass is 16.5. The predicted molar refractivity (Wildman–Crippen MR) is 72.5 cm³/mol. The Kier molecular flexibility index (Phi) is 5.20. The van der Waals surface area contributed by atoms with Crippen molar-refractivity contribution in [1.82, 2.24) is 15.1 Å². The third-order valence-electron chi connectivity index (χ3n) is 3.62. The number of hydrogen-bond acceptors (Lipinski definition) is 3. The summed E-state index contributed by atoms with van der Waals surface area (Å²) in [5.74, 6) is 0. The van der Waals surface area contributed by atoms with Crippen molar-refractivity contribution in [3.05, 3.63) is 18.0 Å². The van der Waals surface area contributed by atoms with E-state index in [1.807, 2.05) is 7.05 Å². The van der Waals surface area contributed by atoms with Crippen LogP contribution in [0.25, 0.3) is 0 Å². The number of aromatic nitrogens is 2. The average molecular weight is 251 g/mol. The molecule has 102 valence electrons. The van der Waals surface area contributed by atoms with Gasteiger partial charge in [-0.1, -0.05) is 19.3 Å². The van der Waals surface area contributed by atoms with E-state index in [1.165, 1.54) is 32.1 Å². The Bertz CT molecular complexity index is 345. The summed E-state index contributed by atoms with van der Waals surface area (Å²) in [4.78, 5) is 0. The van der Waals surface area contributed by atoms with Crippen molar-refractivity contribution in [2.45, 2.75) is 57.8 Å². The lowest BCUT2D eigenvalue weighted by molar-refractivity contribution is 0.0520. The lowest BCUT2D eigenvalue weighted by Gasteiger charge is -2.21. The highest BCUT2D eigenvalue weighted by molar-refractivity contribution is 4.98. The van der Waals surface area contributed by atoms with E-state index in [0.717, 1.165) is 12.2 Å². The van der Waals surface area contributed by atoms with Crippen molar-refractivity contribution >= 4 is 0 Å². The van der Waals surface area contributed by atoms with E-state index in [1.54, 1.807) is 0 Å². The fourth-order valence-corrected chi connectivity index (χ4v) is 2.58. The van der Waals surface area contributed by atoms with Crippen LogP contribution in [0.15, 0.2) is 12.3 Å². The minimum atomic E-state index is 0.231. The summed E-state index contributed by atoms with van der Waals surface area (Å²) in [5.41, 5.74) is 1.04. The van der Waals surface area contributed by atoms with Crippen LogP contribution in [0.5, 0.6) is 0 Å². The van der Waals surface area contributed by atoms with Gasteiger partial charge in [-0.25, -0.2) is 0 Å². The molecule has 0 spiro atoms. The highest BCUT2D eigenvalue weighted by Crippen LogP contribution is 2.27. The Morgan fingerprint density at radius 1 is 1.44 bits per heavy atom. The molecule has 4 nitrogen and oxygen atoms in total. The molecule has 0 amide bonds. The maximum atomic E-state index is 5.73. The standard InChI is InChI=1S/C14H25N3O/c1-12(10-15-2)18-11-13-8-9-17(16-13)14-6-4-3-5-7-14/h8-9,12,14-15H,3-7,10-11H2,1-2H3. The molecule has 1 aliphatic carbocycles. The Morgan fingerprint density at radius 3 is 2.94 bits per heavy atom. The van der Waals surface area contributed by atoms with Gasteiger partial charge in [0.2, 0.25) is 0 Å². The van der Waals surface area contributed by atoms with E-state index >= 15 is 0 Å². The van der Waals surface area contributed by atoms with Gasteiger partial charge in [-0.15, -0.1) is 0 Å². The number of hydrogen-bond donors (Lipinski definition) is 1. The molecular weight excluding hydrogens is 226 g/mol. The molecule has 2 rings (SSSR count). The minimum Gasteiger partial charge on any atom is -0.371 e. The lowest BCUT2D eigenvalue weighted by Crippen LogP contribution is -2.23. The average Bonchev–Trinajstić information content (AvgIpc) is 2.87. The summed E-state index contributed by atoms with van der Waals surface area (Å²) in [7, 11) is 1.94. The van der Waals surface area contributed by atoms with Crippen LogP contribution in [0.2, 0.25) is 0 Å². The SMILES string of the molecule is CNCC(C)OCc1ccn(C2CCCCC2)n1. The molecule has 0 radical (unpaired) electrons. The number of likely N-dealkylation sites (N-methyl/N-ethyl adjacent to an activating group) is 1. The summed E-state index contributed by atoms with van der Waals surface area (Å²) in [6.45, 7) is 3.57. The molecular formula is C14H25N3O. The molecule has 1 saturated carbocycles. The second-order valence-corrected chi connectivity index (χ2v) is 5.26. The van der Waals surface area contributed by atoms with Gasteiger partial charge in [0.25, 0.3) is 0 Å². The zero-order chi connectivity index (χ0) is 12.8. The molecule has 18 heavy (non-hydrogen) atoms. The second kappa shape index (κ2) is 6.90. The van der Waals surface area contributed by atoms with Gasteiger partial charge in [0.1, 0.15) is 0 Å². The number of nitrogens with one attached hydrogen (secondary N) is 1. The number of ether oxygens (including phenoxy) is 1. The summed E-state index contributed by atoms with van der Waals surface area (Å²) in [6.07, 6.45) is 8.96. The van der Waals surface area contributed by atoms with Crippen LogP contribution in [-0.2, 0) is 11.3 Å². The lowest BCUT2D eigenvalue weighted by atomic mass is 9.96. The molecule has 1 heterocycles. The minimum absolute atomic E-state index is 0.231. The smallest absolute Gasteiger partial charge is 0.0910 e. The van der Waals surface area contributed by atoms with E-state index < -0.39 is 0 Å². The van der Waals surface area contributed by atoms with Gasteiger partial charge in [-0.3, -0.25) is 4.68 Å². The van der Waals surface area contributed by atoms with Crippen molar-refractivity contribution in [2.75, 3.05) is 13.6 Å². The summed E-state index contributed by atoms with van der Waals surface area (Å²) in [6, 6.07) is 2.70. The zero-order valence-electron chi connectivity index (χ0n) is 11.6. The maximum absolute atomic E-state index is 5.73. The highest BCUT2D eigenvalue weighted by Gasteiger charge is 2.16. The van der Waals surface area contributed by atoms with E-state index in [2.05, 4.69) is 34.3 Å². The first-order valence-electron chi connectivity index (χ1n) is 7.10. The van der Waals surface area contributed by atoms with Crippen molar-refractivity contribution in [2.24, 2.45) is 0 Å². The van der Waals surface area contributed by atoms with Gasteiger partial charge < -0.3 is 10.1 Å². The maximum Gasteiger partial charge on any atom is 0.0910 e. The summed E-state index contributed by atoms with van der Waals surface area (Å²) in [5, 5.41) is 7.75.